The summed E-state index contributed by atoms with van der Waals surface area (Å²) in [5, 5.41) is 3.42. The van der Waals surface area contributed by atoms with Crippen molar-refractivity contribution >= 4 is 0 Å². The summed E-state index contributed by atoms with van der Waals surface area (Å²) in [5.41, 5.74) is 1.72. The Labute approximate surface area is 153 Å². The molecule has 1 N–H and O–H groups in total. The molecule has 1 heteroatoms. The van der Waals surface area contributed by atoms with Crippen LogP contribution in [0.1, 0.15) is 112 Å². The lowest BCUT2D eigenvalue weighted by Crippen LogP contribution is -2.31. The molecule has 1 aliphatic heterocycles. The van der Waals surface area contributed by atoms with Crippen molar-refractivity contribution in [2.45, 2.75) is 112 Å². The zero-order chi connectivity index (χ0) is 18.1. The van der Waals surface area contributed by atoms with Gasteiger partial charge in [0, 0.05) is 6.54 Å². The van der Waals surface area contributed by atoms with E-state index in [1.807, 2.05) is 0 Å². The Bertz CT molecular complexity index is 256. The van der Waals surface area contributed by atoms with Gasteiger partial charge in [0.05, 0.1) is 0 Å². The third-order valence-electron chi connectivity index (χ3n) is 5.82. The standard InChI is InChI=1S/C8H14.C7H13N.2C4H10/c1-2-5-8(4-1)6-3-7-8;1-2-7(3-1)4-5-8-6-7;2*1-4(2)3/h1-7H2;8H,1-6H2;2*4H,1-3H3. The van der Waals surface area contributed by atoms with Gasteiger partial charge in [0.1, 0.15) is 0 Å². The molecular weight excluding hydrogens is 290 g/mol. The van der Waals surface area contributed by atoms with Crippen LogP contribution < -0.4 is 5.32 Å². The highest BCUT2D eigenvalue weighted by Crippen LogP contribution is 2.52. The summed E-state index contributed by atoms with van der Waals surface area (Å²) in [4.78, 5) is 0. The van der Waals surface area contributed by atoms with Gasteiger partial charge in [-0.05, 0) is 74.2 Å². The van der Waals surface area contributed by atoms with Crippen molar-refractivity contribution in [3.63, 3.8) is 0 Å². The summed E-state index contributed by atoms with van der Waals surface area (Å²) in [6.07, 6.45) is 16.8. The summed E-state index contributed by atoms with van der Waals surface area (Å²) >= 11 is 0. The molecule has 0 bridgehead atoms. The Morgan fingerprint density at radius 1 is 0.542 bits per heavy atom. The number of hydrogen-bond donors (Lipinski definition) is 1. The van der Waals surface area contributed by atoms with Gasteiger partial charge >= 0.3 is 0 Å². The molecule has 0 unspecified atom stereocenters. The minimum atomic E-state index is 0.806. The highest BCUT2D eigenvalue weighted by Gasteiger charge is 2.39. The van der Waals surface area contributed by atoms with Crippen LogP contribution in [0, 0.1) is 22.7 Å². The van der Waals surface area contributed by atoms with Crippen molar-refractivity contribution in [2.24, 2.45) is 22.7 Å². The van der Waals surface area contributed by atoms with Crippen molar-refractivity contribution < 1.29 is 0 Å². The van der Waals surface area contributed by atoms with E-state index in [-0.39, 0.29) is 0 Å². The molecule has 2 spiro atoms. The number of nitrogens with one attached hydrogen (secondary N) is 1. The third kappa shape index (κ3) is 8.37. The molecule has 0 radical (unpaired) electrons. The van der Waals surface area contributed by atoms with Crippen LogP contribution in [0.15, 0.2) is 0 Å². The van der Waals surface area contributed by atoms with Gasteiger partial charge in [-0.1, -0.05) is 67.2 Å². The lowest BCUT2D eigenvalue weighted by molar-refractivity contribution is 0.144. The molecule has 3 aliphatic carbocycles. The quantitative estimate of drug-likeness (QED) is 0.492. The van der Waals surface area contributed by atoms with Crippen LogP contribution >= 0.6 is 0 Å². The maximum absolute atomic E-state index is 3.42. The largest absolute Gasteiger partial charge is 0.316 e. The summed E-state index contributed by atoms with van der Waals surface area (Å²) in [5.74, 6) is 1.67. The van der Waals surface area contributed by atoms with Crippen LogP contribution in [-0.2, 0) is 0 Å². The normalized spacial score (nSPS) is 25.0. The minimum absolute atomic E-state index is 0.806. The van der Waals surface area contributed by atoms with E-state index >= 15 is 0 Å². The first kappa shape index (κ1) is 22.0. The minimum Gasteiger partial charge on any atom is -0.316 e. The second-order valence-electron chi connectivity index (χ2n) is 10.3. The molecule has 0 aromatic rings. The molecule has 4 aliphatic rings. The SMILES string of the molecule is C1CC2(C1)CCNC2.C1CCC2(C1)CCC2.CC(C)C.CC(C)C. The predicted molar refractivity (Wildman–Crippen MR) is 110 cm³/mol. The summed E-state index contributed by atoms with van der Waals surface area (Å²) in [7, 11) is 0. The van der Waals surface area contributed by atoms with Crippen LogP contribution in [0.4, 0.5) is 0 Å². The van der Waals surface area contributed by atoms with Gasteiger partial charge in [-0.25, -0.2) is 0 Å². The highest BCUT2D eigenvalue weighted by molar-refractivity contribution is 4.93. The van der Waals surface area contributed by atoms with E-state index in [0.29, 0.717) is 0 Å². The third-order valence-corrected chi connectivity index (χ3v) is 5.82. The number of rotatable bonds is 0. The Morgan fingerprint density at radius 2 is 0.917 bits per heavy atom. The first-order chi connectivity index (χ1) is 11.3. The summed E-state index contributed by atoms with van der Waals surface area (Å²) < 4.78 is 0. The van der Waals surface area contributed by atoms with Crippen LogP contribution in [0.3, 0.4) is 0 Å². The van der Waals surface area contributed by atoms with Gasteiger partial charge in [-0.15, -0.1) is 0 Å². The Morgan fingerprint density at radius 3 is 1.08 bits per heavy atom. The molecule has 1 heterocycles. The second-order valence-corrected chi connectivity index (χ2v) is 10.3. The molecule has 3 saturated carbocycles. The maximum atomic E-state index is 3.42. The van der Waals surface area contributed by atoms with Gasteiger partial charge in [-0.2, -0.15) is 0 Å². The van der Waals surface area contributed by atoms with E-state index < -0.39 is 0 Å². The first-order valence-electron chi connectivity index (χ1n) is 11.0. The first-order valence-corrected chi connectivity index (χ1v) is 11.0. The molecular formula is C23H47N. The lowest BCUT2D eigenvalue weighted by atomic mass is 9.68. The van der Waals surface area contributed by atoms with E-state index in [1.54, 1.807) is 25.7 Å². The fourth-order valence-electron chi connectivity index (χ4n) is 4.20. The zero-order valence-corrected chi connectivity index (χ0v) is 17.8. The van der Waals surface area contributed by atoms with Gasteiger partial charge in [0.15, 0.2) is 0 Å². The van der Waals surface area contributed by atoms with E-state index in [2.05, 4.69) is 46.9 Å². The number of hydrogen-bond acceptors (Lipinski definition) is 1. The van der Waals surface area contributed by atoms with Crippen LogP contribution in [0.2, 0.25) is 0 Å². The van der Waals surface area contributed by atoms with E-state index in [4.69, 9.17) is 0 Å². The van der Waals surface area contributed by atoms with Crippen molar-refractivity contribution in [3.8, 4) is 0 Å². The van der Waals surface area contributed by atoms with Gasteiger partial charge in [0.25, 0.3) is 0 Å². The van der Waals surface area contributed by atoms with Gasteiger partial charge in [-0.3, -0.25) is 0 Å². The predicted octanol–water partition coefficient (Wildman–Crippen LogP) is 7.21. The average Bonchev–Trinajstić information content (AvgIpc) is 3.07. The maximum Gasteiger partial charge on any atom is 0.000829 e. The van der Waals surface area contributed by atoms with Crippen molar-refractivity contribution in [1.82, 2.24) is 5.32 Å². The molecule has 4 rings (SSSR count). The molecule has 0 amide bonds. The molecule has 0 atom stereocenters. The van der Waals surface area contributed by atoms with Gasteiger partial charge < -0.3 is 5.32 Å². The Kier molecular flexibility index (Phi) is 9.94. The molecule has 0 aromatic carbocycles. The van der Waals surface area contributed by atoms with Crippen molar-refractivity contribution in [2.75, 3.05) is 13.1 Å². The second kappa shape index (κ2) is 10.8. The Hall–Kier alpha value is -0.0400. The molecule has 24 heavy (non-hydrogen) atoms. The smallest absolute Gasteiger partial charge is 0.000829 e. The van der Waals surface area contributed by atoms with E-state index in [0.717, 1.165) is 22.7 Å². The molecule has 1 nitrogen and oxygen atoms in total. The van der Waals surface area contributed by atoms with E-state index in [9.17, 15) is 0 Å². The topological polar surface area (TPSA) is 12.0 Å². The molecule has 144 valence electrons. The summed E-state index contributed by atoms with van der Waals surface area (Å²) in [6, 6.07) is 0. The fourth-order valence-corrected chi connectivity index (χ4v) is 4.20. The lowest BCUT2D eigenvalue weighted by Gasteiger charge is -2.38. The van der Waals surface area contributed by atoms with Crippen molar-refractivity contribution in [1.29, 1.82) is 0 Å². The Balaban J connectivity index is 0.000000171. The molecule has 1 saturated heterocycles. The monoisotopic (exact) mass is 337 g/mol. The zero-order valence-electron chi connectivity index (χ0n) is 17.8. The van der Waals surface area contributed by atoms with Gasteiger partial charge in [0.2, 0.25) is 0 Å². The van der Waals surface area contributed by atoms with Crippen molar-refractivity contribution in [3.05, 3.63) is 0 Å². The van der Waals surface area contributed by atoms with Crippen LogP contribution in [0.25, 0.3) is 0 Å². The molecule has 4 fully saturated rings. The molecule has 0 aromatic heterocycles. The fraction of sp³-hybridized carbons (Fsp3) is 1.00. The van der Waals surface area contributed by atoms with E-state index in [1.165, 1.54) is 58.0 Å². The van der Waals surface area contributed by atoms with Crippen LogP contribution in [-0.4, -0.2) is 13.1 Å². The average molecular weight is 338 g/mol. The highest BCUT2D eigenvalue weighted by atomic mass is 14.9. The summed E-state index contributed by atoms with van der Waals surface area (Å²) in [6.45, 7) is 15.6. The van der Waals surface area contributed by atoms with Crippen LogP contribution in [0.5, 0.6) is 0 Å².